The van der Waals surface area contributed by atoms with E-state index in [0.717, 1.165) is 0 Å². The van der Waals surface area contributed by atoms with Crippen molar-refractivity contribution in [3.63, 3.8) is 0 Å². The molecule has 0 aliphatic carbocycles. The van der Waals surface area contributed by atoms with Crippen LogP contribution < -0.4 is 0 Å². The fourth-order valence-electron chi connectivity index (χ4n) is 1.08. The molecule has 5 heteroatoms. The van der Waals surface area contributed by atoms with Crippen molar-refractivity contribution in [2.24, 2.45) is 0 Å². The summed E-state index contributed by atoms with van der Waals surface area (Å²) in [4.78, 5) is 12.0. The number of nitrogens with zero attached hydrogens (tertiary/aromatic N) is 1. The van der Waals surface area contributed by atoms with Crippen molar-refractivity contribution in [1.82, 2.24) is 0 Å². The fourth-order valence-corrected chi connectivity index (χ4v) is 2.02. The molecule has 0 bridgehead atoms. The molecular formula is C10H8BrNO2S. The third-order valence-corrected chi connectivity index (χ3v) is 2.50. The van der Waals surface area contributed by atoms with Crippen LogP contribution in [0, 0.1) is 11.3 Å². The van der Waals surface area contributed by atoms with Crippen LogP contribution in [0.3, 0.4) is 0 Å². The second-order valence-electron chi connectivity index (χ2n) is 2.68. The summed E-state index contributed by atoms with van der Waals surface area (Å²) in [5.41, 5.74) is 0.471. The van der Waals surface area contributed by atoms with Crippen LogP contribution in [0.4, 0.5) is 0 Å². The Morgan fingerprint density at radius 1 is 1.67 bits per heavy atom. The van der Waals surface area contributed by atoms with Crippen LogP contribution in [0.25, 0.3) is 0 Å². The minimum absolute atomic E-state index is 0.235. The molecule has 0 saturated carbocycles. The monoisotopic (exact) mass is 285 g/mol. The zero-order chi connectivity index (χ0) is 11.4. The summed E-state index contributed by atoms with van der Waals surface area (Å²) in [6.07, 6.45) is 0. The van der Waals surface area contributed by atoms with E-state index in [1.165, 1.54) is 0 Å². The Bertz CT molecular complexity index is 440. The van der Waals surface area contributed by atoms with Crippen molar-refractivity contribution in [2.45, 2.75) is 11.8 Å². The van der Waals surface area contributed by atoms with E-state index < -0.39 is 5.97 Å². The van der Waals surface area contributed by atoms with Crippen molar-refractivity contribution in [1.29, 1.82) is 5.26 Å². The summed E-state index contributed by atoms with van der Waals surface area (Å²) in [6.45, 7) is 1.99. The molecule has 0 radical (unpaired) electrons. The van der Waals surface area contributed by atoms with Crippen molar-refractivity contribution in [3.8, 4) is 6.07 Å². The Labute approximate surface area is 102 Å². The molecule has 0 heterocycles. The molecule has 0 unspecified atom stereocenters. The number of hydrogen-bond acceptors (Lipinski definition) is 4. The maximum atomic E-state index is 11.5. The summed E-state index contributed by atoms with van der Waals surface area (Å²) in [5.74, 6) is -0.509. The van der Waals surface area contributed by atoms with Crippen molar-refractivity contribution < 1.29 is 9.53 Å². The Morgan fingerprint density at radius 2 is 2.33 bits per heavy atom. The fraction of sp³-hybridized carbons (Fsp3) is 0.200. The largest absolute Gasteiger partial charge is 0.462 e. The van der Waals surface area contributed by atoms with Gasteiger partial charge in [-0.05, 0) is 19.1 Å². The minimum atomic E-state index is -0.509. The molecule has 15 heavy (non-hydrogen) atoms. The SMILES string of the molecule is CCOC(=O)c1cc(Br)cc(S)c1C#N. The maximum absolute atomic E-state index is 11.5. The van der Waals surface area contributed by atoms with Crippen LogP contribution in [0.15, 0.2) is 21.5 Å². The molecular weight excluding hydrogens is 278 g/mol. The number of halogens is 1. The van der Waals surface area contributed by atoms with E-state index in [4.69, 9.17) is 10.00 Å². The number of nitriles is 1. The van der Waals surface area contributed by atoms with Gasteiger partial charge in [0.15, 0.2) is 0 Å². The van der Waals surface area contributed by atoms with Gasteiger partial charge < -0.3 is 4.74 Å². The van der Waals surface area contributed by atoms with Gasteiger partial charge in [-0.15, -0.1) is 12.6 Å². The van der Waals surface area contributed by atoms with Gasteiger partial charge in [-0.3, -0.25) is 0 Å². The highest BCUT2D eigenvalue weighted by Crippen LogP contribution is 2.24. The first kappa shape index (κ1) is 12.1. The van der Waals surface area contributed by atoms with E-state index in [1.807, 2.05) is 6.07 Å². The number of benzene rings is 1. The van der Waals surface area contributed by atoms with Crippen LogP contribution in [-0.2, 0) is 4.74 Å². The maximum Gasteiger partial charge on any atom is 0.339 e. The van der Waals surface area contributed by atoms with Gasteiger partial charge in [0.25, 0.3) is 0 Å². The molecule has 0 aliphatic rings. The Kier molecular flexibility index (Phi) is 4.18. The Morgan fingerprint density at radius 3 is 2.87 bits per heavy atom. The summed E-state index contributed by atoms with van der Waals surface area (Å²) in [5, 5.41) is 8.89. The molecule has 1 aromatic rings. The van der Waals surface area contributed by atoms with Gasteiger partial charge in [0.2, 0.25) is 0 Å². The normalized spacial score (nSPS) is 9.47. The van der Waals surface area contributed by atoms with Gasteiger partial charge in [0.05, 0.1) is 17.7 Å². The first-order chi connectivity index (χ1) is 7.10. The van der Waals surface area contributed by atoms with Crippen LogP contribution >= 0.6 is 28.6 Å². The summed E-state index contributed by atoms with van der Waals surface area (Å²) in [7, 11) is 0. The smallest absolute Gasteiger partial charge is 0.339 e. The number of carbonyl (C=O) groups is 1. The summed E-state index contributed by atoms with van der Waals surface area (Å²) >= 11 is 7.35. The average Bonchev–Trinajstić information content (AvgIpc) is 2.17. The van der Waals surface area contributed by atoms with E-state index in [0.29, 0.717) is 9.37 Å². The predicted molar refractivity (Wildman–Crippen MR) is 62.1 cm³/mol. The lowest BCUT2D eigenvalue weighted by atomic mass is 10.1. The number of ether oxygens (including phenoxy) is 1. The third-order valence-electron chi connectivity index (χ3n) is 1.69. The molecule has 0 aromatic heterocycles. The van der Waals surface area contributed by atoms with E-state index >= 15 is 0 Å². The highest BCUT2D eigenvalue weighted by atomic mass is 79.9. The molecule has 0 fully saturated rings. The summed E-state index contributed by atoms with van der Waals surface area (Å²) < 4.78 is 5.52. The molecule has 0 amide bonds. The van der Waals surface area contributed by atoms with Crippen LogP contribution in [0.1, 0.15) is 22.8 Å². The van der Waals surface area contributed by atoms with Crippen LogP contribution in [-0.4, -0.2) is 12.6 Å². The Balaban J connectivity index is 3.28. The average molecular weight is 286 g/mol. The highest BCUT2D eigenvalue weighted by Gasteiger charge is 2.15. The second-order valence-corrected chi connectivity index (χ2v) is 4.08. The lowest BCUT2D eigenvalue weighted by Gasteiger charge is -2.06. The van der Waals surface area contributed by atoms with E-state index in [1.54, 1.807) is 19.1 Å². The molecule has 0 atom stereocenters. The number of esters is 1. The third kappa shape index (κ3) is 2.74. The van der Waals surface area contributed by atoms with Gasteiger partial charge in [0, 0.05) is 9.37 Å². The number of hydrogen-bond donors (Lipinski definition) is 1. The van der Waals surface area contributed by atoms with Gasteiger partial charge >= 0.3 is 5.97 Å². The molecule has 3 nitrogen and oxygen atoms in total. The van der Waals surface area contributed by atoms with Crippen molar-refractivity contribution in [3.05, 3.63) is 27.7 Å². The van der Waals surface area contributed by atoms with Gasteiger partial charge in [0.1, 0.15) is 6.07 Å². The van der Waals surface area contributed by atoms with Crippen LogP contribution in [0.2, 0.25) is 0 Å². The lowest BCUT2D eigenvalue weighted by molar-refractivity contribution is 0.0525. The molecule has 1 rings (SSSR count). The first-order valence-corrected chi connectivity index (χ1v) is 5.44. The molecule has 0 saturated heterocycles. The van der Waals surface area contributed by atoms with E-state index in [9.17, 15) is 4.79 Å². The second kappa shape index (κ2) is 5.19. The first-order valence-electron chi connectivity index (χ1n) is 4.19. The quantitative estimate of drug-likeness (QED) is 0.672. The van der Waals surface area contributed by atoms with Crippen LogP contribution in [0.5, 0.6) is 0 Å². The van der Waals surface area contributed by atoms with Gasteiger partial charge in [-0.25, -0.2) is 4.79 Å². The summed E-state index contributed by atoms with van der Waals surface area (Å²) in [6, 6.07) is 5.14. The lowest BCUT2D eigenvalue weighted by Crippen LogP contribution is -2.07. The predicted octanol–water partition coefficient (Wildman–Crippen LogP) is 2.79. The van der Waals surface area contributed by atoms with E-state index in [-0.39, 0.29) is 17.7 Å². The number of rotatable bonds is 2. The van der Waals surface area contributed by atoms with Crippen molar-refractivity contribution >= 4 is 34.5 Å². The molecule has 0 spiro atoms. The number of thiol groups is 1. The standard InChI is InChI=1S/C10H8BrNO2S/c1-2-14-10(13)7-3-6(11)4-9(15)8(7)5-12/h3-4,15H,2H2,1H3. The van der Waals surface area contributed by atoms with Gasteiger partial charge in [-0.2, -0.15) is 5.26 Å². The van der Waals surface area contributed by atoms with Crippen molar-refractivity contribution in [2.75, 3.05) is 6.61 Å². The Hall–Kier alpha value is -0.990. The topological polar surface area (TPSA) is 50.1 Å². The molecule has 1 aromatic carbocycles. The molecule has 0 aliphatic heterocycles. The van der Waals surface area contributed by atoms with E-state index in [2.05, 4.69) is 28.6 Å². The minimum Gasteiger partial charge on any atom is -0.462 e. The molecule has 78 valence electrons. The zero-order valence-electron chi connectivity index (χ0n) is 7.95. The molecule has 0 N–H and O–H groups in total. The number of carbonyl (C=O) groups excluding carboxylic acids is 1. The highest BCUT2D eigenvalue weighted by molar-refractivity contribution is 9.10. The zero-order valence-corrected chi connectivity index (χ0v) is 10.4. The van der Waals surface area contributed by atoms with Gasteiger partial charge in [-0.1, -0.05) is 15.9 Å².